The molecule has 0 unspecified atom stereocenters. The summed E-state index contributed by atoms with van der Waals surface area (Å²) in [5.74, 6) is -0.506. The standard InChI is InChI=1S/C16H29N3O2/c1-12(2)18-16(21)15(20)17-11-13-7-9-19(10-8-13)14-5-3-4-6-14/h12-14H,3-11H2,1-2H3,(H,17,20)(H,18,21). The van der Waals surface area contributed by atoms with Gasteiger partial charge in [0.1, 0.15) is 0 Å². The zero-order valence-electron chi connectivity index (χ0n) is 13.4. The molecule has 0 aromatic heterocycles. The fraction of sp³-hybridized carbons (Fsp3) is 0.875. The summed E-state index contributed by atoms with van der Waals surface area (Å²) in [5.41, 5.74) is 0. The number of hydrogen-bond acceptors (Lipinski definition) is 3. The molecule has 120 valence electrons. The third-order valence-electron chi connectivity index (χ3n) is 4.67. The second kappa shape index (κ2) is 7.78. The van der Waals surface area contributed by atoms with Crippen molar-refractivity contribution in [2.45, 2.75) is 64.5 Å². The molecular formula is C16H29N3O2. The van der Waals surface area contributed by atoms with Crippen LogP contribution in [-0.2, 0) is 9.59 Å². The molecule has 0 aromatic carbocycles. The average molecular weight is 295 g/mol. The van der Waals surface area contributed by atoms with Crippen LogP contribution in [0.3, 0.4) is 0 Å². The Bertz CT molecular complexity index is 357. The first-order valence-corrected chi connectivity index (χ1v) is 8.39. The van der Waals surface area contributed by atoms with Gasteiger partial charge in [0.15, 0.2) is 0 Å². The zero-order valence-corrected chi connectivity index (χ0v) is 13.4. The highest BCUT2D eigenvalue weighted by Crippen LogP contribution is 2.27. The van der Waals surface area contributed by atoms with Crippen LogP contribution in [0, 0.1) is 5.92 Å². The minimum absolute atomic E-state index is 0.00194. The maximum absolute atomic E-state index is 11.7. The Labute approximate surface area is 127 Å². The molecule has 0 atom stereocenters. The van der Waals surface area contributed by atoms with Gasteiger partial charge < -0.3 is 15.5 Å². The van der Waals surface area contributed by atoms with Crippen molar-refractivity contribution in [1.82, 2.24) is 15.5 Å². The van der Waals surface area contributed by atoms with Gasteiger partial charge in [-0.2, -0.15) is 0 Å². The van der Waals surface area contributed by atoms with Gasteiger partial charge in [-0.1, -0.05) is 12.8 Å². The molecule has 1 saturated heterocycles. The minimum Gasteiger partial charge on any atom is -0.348 e. The van der Waals surface area contributed by atoms with Gasteiger partial charge in [-0.25, -0.2) is 0 Å². The van der Waals surface area contributed by atoms with E-state index < -0.39 is 11.8 Å². The quantitative estimate of drug-likeness (QED) is 0.768. The van der Waals surface area contributed by atoms with Crippen molar-refractivity contribution in [3.05, 3.63) is 0 Å². The normalized spacial score (nSPS) is 21.7. The number of rotatable bonds is 4. The molecule has 1 aliphatic carbocycles. The number of nitrogens with one attached hydrogen (secondary N) is 2. The van der Waals surface area contributed by atoms with E-state index in [0.29, 0.717) is 12.5 Å². The highest BCUT2D eigenvalue weighted by Gasteiger charge is 2.27. The molecule has 0 bridgehead atoms. The lowest BCUT2D eigenvalue weighted by Gasteiger charge is -2.36. The molecule has 2 fully saturated rings. The molecule has 1 heterocycles. The van der Waals surface area contributed by atoms with E-state index in [1.54, 1.807) is 0 Å². The lowest BCUT2D eigenvalue weighted by molar-refractivity contribution is -0.139. The smallest absolute Gasteiger partial charge is 0.309 e. The van der Waals surface area contributed by atoms with Crippen LogP contribution in [0.1, 0.15) is 52.4 Å². The van der Waals surface area contributed by atoms with Crippen LogP contribution < -0.4 is 10.6 Å². The molecule has 2 aliphatic rings. The predicted molar refractivity (Wildman–Crippen MR) is 82.8 cm³/mol. The molecule has 0 aromatic rings. The summed E-state index contributed by atoms with van der Waals surface area (Å²) >= 11 is 0. The van der Waals surface area contributed by atoms with Crippen molar-refractivity contribution in [1.29, 1.82) is 0 Å². The lowest BCUT2D eigenvalue weighted by Crippen LogP contribution is -2.46. The van der Waals surface area contributed by atoms with E-state index in [9.17, 15) is 9.59 Å². The Morgan fingerprint density at radius 2 is 1.67 bits per heavy atom. The summed E-state index contributed by atoms with van der Waals surface area (Å²) in [5, 5.41) is 5.39. The predicted octanol–water partition coefficient (Wildman–Crippen LogP) is 1.28. The molecule has 5 nitrogen and oxygen atoms in total. The molecule has 0 radical (unpaired) electrons. The fourth-order valence-electron chi connectivity index (χ4n) is 3.44. The van der Waals surface area contributed by atoms with Crippen molar-refractivity contribution in [2.24, 2.45) is 5.92 Å². The van der Waals surface area contributed by atoms with Gasteiger partial charge >= 0.3 is 11.8 Å². The van der Waals surface area contributed by atoms with Gasteiger partial charge in [0.2, 0.25) is 0 Å². The maximum Gasteiger partial charge on any atom is 0.309 e. The topological polar surface area (TPSA) is 61.4 Å². The summed E-state index contributed by atoms with van der Waals surface area (Å²) in [6.07, 6.45) is 7.73. The number of amides is 2. The van der Waals surface area contributed by atoms with Crippen LogP contribution in [0.4, 0.5) is 0 Å². The molecule has 5 heteroatoms. The second-order valence-corrected chi connectivity index (χ2v) is 6.76. The lowest BCUT2D eigenvalue weighted by atomic mass is 9.95. The van der Waals surface area contributed by atoms with Crippen molar-refractivity contribution < 1.29 is 9.59 Å². The van der Waals surface area contributed by atoms with Crippen LogP contribution in [0.5, 0.6) is 0 Å². The van der Waals surface area contributed by atoms with E-state index in [1.165, 1.54) is 25.7 Å². The van der Waals surface area contributed by atoms with Crippen LogP contribution in [-0.4, -0.2) is 48.4 Å². The molecule has 2 amide bonds. The molecule has 21 heavy (non-hydrogen) atoms. The third kappa shape index (κ3) is 4.99. The Balaban J connectivity index is 1.64. The first kappa shape index (κ1) is 16.3. The van der Waals surface area contributed by atoms with E-state index in [-0.39, 0.29) is 6.04 Å². The monoisotopic (exact) mass is 295 g/mol. The Kier molecular flexibility index (Phi) is 6.03. The van der Waals surface area contributed by atoms with Gasteiger partial charge in [0.25, 0.3) is 0 Å². The van der Waals surface area contributed by atoms with E-state index in [2.05, 4.69) is 15.5 Å². The first-order chi connectivity index (χ1) is 10.1. The zero-order chi connectivity index (χ0) is 15.2. The third-order valence-corrected chi connectivity index (χ3v) is 4.67. The molecule has 1 saturated carbocycles. The summed E-state index contributed by atoms with van der Waals surface area (Å²) in [7, 11) is 0. The number of hydrogen-bond donors (Lipinski definition) is 2. The SMILES string of the molecule is CC(C)NC(=O)C(=O)NCC1CCN(C2CCCC2)CC1. The maximum atomic E-state index is 11.7. The van der Waals surface area contributed by atoms with Crippen LogP contribution in [0.25, 0.3) is 0 Å². The van der Waals surface area contributed by atoms with Crippen molar-refractivity contribution >= 4 is 11.8 Å². The van der Waals surface area contributed by atoms with Gasteiger partial charge in [0.05, 0.1) is 0 Å². The fourth-order valence-corrected chi connectivity index (χ4v) is 3.44. The molecule has 0 spiro atoms. The van der Waals surface area contributed by atoms with Crippen molar-refractivity contribution in [3.63, 3.8) is 0 Å². The Morgan fingerprint density at radius 1 is 1.05 bits per heavy atom. The first-order valence-electron chi connectivity index (χ1n) is 8.39. The largest absolute Gasteiger partial charge is 0.348 e. The number of nitrogens with zero attached hydrogens (tertiary/aromatic N) is 1. The summed E-state index contributed by atoms with van der Waals surface area (Å²) in [6, 6.07) is 0.801. The highest BCUT2D eigenvalue weighted by atomic mass is 16.2. The Morgan fingerprint density at radius 3 is 2.24 bits per heavy atom. The van der Waals surface area contributed by atoms with Crippen LogP contribution >= 0.6 is 0 Å². The van der Waals surface area contributed by atoms with Crippen molar-refractivity contribution in [2.75, 3.05) is 19.6 Å². The summed E-state index contributed by atoms with van der Waals surface area (Å²) in [6.45, 7) is 6.61. The van der Waals surface area contributed by atoms with E-state index in [0.717, 1.165) is 32.0 Å². The molecule has 2 N–H and O–H groups in total. The summed E-state index contributed by atoms with van der Waals surface area (Å²) in [4.78, 5) is 25.8. The van der Waals surface area contributed by atoms with Gasteiger partial charge in [-0.05, 0) is 58.5 Å². The minimum atomic E-state index is -0.520. The number of piperidine rings is 1. The van der Waals surface area contributed by atoms with Gasteiger partial charge in [-0.3, -0.25) is 9.59 Å². The van der Waals surface area contributed by atoms with Crippen LogP contribution in [0.15, 0.2) is 0 Å². The number of carbonyl (C=O) groups excluding carboxylic acids is 2. The highest BCUT2D eigenvalue weighted by molar-refractivity contribution is 6.35. The number of likely N-dealkylation sites (tertiary alicyclic amines) is 1. The van der Waals surface area contributed by atoms with Gasteiger partial charge in [0, 0.05) is 18.6 Å². The van der Waals surface area contributed by atoms with E-state index in [1.807, 2.05) is 13.8 Å². The van der Waals surface area contributed by atoms with Crippen LogP contribution in [0.2, 0.25) is 0 Å². The molecule has 2 rings (SSSR count). The van der Waals surface area contributed by atoms with E-state index >= 15 is 0 Å². The van der Waals surface area contributed by atoms with Crippen molar-refractivity contribution in [3.8, 4) is 0 Å². The summed E-state index contributed by atoms with van der Waals surface area (Å²) < 4.78 is 0. The number of carbonyl (C=O) groups is 2. The van der Waals surface area contributed by atoms with Gasteiger partial charge in [-0.15, -0.1) is 0 Å². The Hall–Kier alpha value is -1.10. The van der Waals surface area contributed by atoms with E-state index in [4.69, 9.17) is 0 Å². The molecule has 1 aliphatic heterocycles. The average Bonchev–Trinajstić information content (AvgIpc) is 2.98. The second-order valence-electron chi connectivity index (χ2n) is 6.76. The molecular weight excluding hydrogens is 266 g/mol.